The van der Waals surface area contributed by atoms with E-state index < -0.39 is 0 Å². The Morgan fingerprint density at radius 1 is 1.47 bits per heavy atom. The van der Waals surface area contributed by atoms with Gasteiger partial charge < -0.3 is 9.88 Å². The van der Waals surface area contributed by atoms with Gasteiger partial charge in [0.15, 0.2) is 5.82 Å². The highest BCUT2D eigenvalue weighted by Crippen LogP contribution is 2.20. The predicted octanol–water partition coefficient (Wildman–Crippen LogP) is 3.47. The zero-order chi connectivity index (χ0) is 13.8. The van der Waals surface area contributed by atoms with E-state index in [1.54, 1.807) is 6.07 Å². The summed E-state index contributed by atoms with van der Waals surface area (Å²) in [5.41, 5.74) is 0.610. The maximum Gasteiger partial charge on any atom is 0.273 e. The molecule has 2 rings (SSSR count). The number of halogens is 2. The summed E-state index contributed by atoms with van der Waals surface area (Å²) in [5, 5.41) is 2.74. The molecule has 0 aliphatic rings. The average Bonchev–Trinajstić information content (AvgIpc) is 2.81. The lowest BCUT2D eigenvalue weighted by Crippen LogP contribution is -2.18. The molecule has 0 aliphatic carbocycles. The van der Waals surface area contributed by atoms with Crippen LogP contribution < -0.4 is 5.32 Å². The monoisotopic (exact) mass is 386 g/mol. The summed E-state index contributed by atoms with van der Waals surface area (Å²) in [6.07, 6.45) is 4.39. The lowest BCUT2D eigenvalue weighted by atomic mass is 10.3. The first-order valence-corrected chi connectivity index (χ1v) is 7.35. The van der Waals surface area contributed by atoms with Gasteiger partial charge in [-0.05, 0) is 50.4 Å². The maximum atomic E-state index is 12.2. The standard InChI is InChI=1S/C12H12Br2N4O/c1-2-5-18-6-3-4-8(18)12(19)17-11-10(14)16-9(13)7-15-11/h3-4,6-7H,2,5H2,1H3,(H,15,17,19). The molecule has 0 atom stereocenters. The molecule has 2 aromatic rings. The van der Waals surface area contributed by atoms with E-state index in [1.165, 1.54) is 6.20 Å². The molecule has 5 nitrogen and oxygen atoms in total. The second-order valence-corrected chi connectivity index (χ2v) is 5.44. The van der Waals surface area contributed by atoms with E-state index in [9.17, 15) is 4.79 Å². The molecule has 7 heteroatoms. The normalized spacial score (nSPS) is 10.5. The molecule has 0 saturated carbocycles. The van der Waals surface area contributed by atoms with Gasteiger partial charge in [0.05, 0.1) is 6.20 Å². The predicted molar refractivity (Wildman–Crippen MR) is 80.1 cm³/mol. The Morgan fingerprint density at radius 2 is 2.26 bits per heavy atom. The van der Waals surface area contributed by atoms with Crippen molar-refractivity contribution in [3.63, 3.8) is 0 Å². The van der Waals surface area contributed by atoms with E-state index in [4.69, 9.17) is 0 Å². The van der Waals surface area contributed by atoms with Gasteiger partial charge in [0.1, 0.15) is 14.9 Å². The van der Waals surface area contributed by atoms with Gasteiger partial charge in [0.25, 0.3) is 5.91 Å². The quantitative estimate of drug-likeness (QED) is 0.873. The van der Waals surface area contributed by atoms with Crippen molar-refractivity contribution in [1.82, 2.24) is 14.5 Å². The van der Waals surface area contributed by atoms with Crippen molar-refractivity contribution in [3.8, 4) is 0 Å². The third-order valence-corrected chi connectivity index (χ3v) is 3.39. The minimum Gasteiger partial charge on any atom is -0.344 e. The molecule has 0 bridgehead atoms. The van der Waals surface area contributed by atoms with Gasteiger partial charge in [-0.2, -0.15) is 0 Å². The first kappa shape index (κ1) is 14.2. The number of nitrogens with zero attached hydrogens (tertiary/aromatic N) is 3. The number of hydrogen-bond donors (Lipinski definition) is 1. The number of anilines is 1. The highest BCUT2D eigenvalue weighted by atomic mass is 79.9. The molecule has 1 amide bonds. The number of carbonyl (C=O) groups is 1. The summed E-state index contributed by atoms with van der Waals surface area (Å²) in [6, 6.07) is 3.64. The molecule has 2 heterocycles. The van der Waals surface area contributed by atoms with E-state index in [2.05, 4.69) is 54.1 Å². The summed E-state index contributed by atoms with van der Waals surface area (Å²) in [6.45, 7) is 2.88. The third kappa shape index (κ3) is 3.42. The molecule has 0 saturated heterocycles. The molecule has 0 fully saturated rings. The fourth-order valence-electron chi connectivity index (χ4n) is 1.66. The SMILES string of the molecule is CCCn1cccc1C(=O)Nc1ncc(Br)nc1Br. The number of carbonyl (C=O) groups excluding carboxylic acids is 1. The molecule has 0 radical (unpaired) electrons. The minimum atomic E-state index is -0.198. The van der Waals surface area contributed by atoms with Gasteiger partial charge >= 0.3 is 0 Å². The first-order valence-electron chi connectivity index (χ1n) is 5.76. The van der Waals surface area contributed by atoms with Crippen LogP contribution >= 0.6 is 31.9 Å². The molecule has 1 N–H and O–H groups in total. The maximum absolute atomic E-state index is 12.2. The van der Waals surface area contributed by atoms with Crippen molar-refractivity contribution >= 4 is 43.6 Å². The number of nitrogens with one attached hydrogen (secondary N) is 1. The van der Waals surface area contributed by atoms with Crippen molar-refractivity contribution in [1.29, 1.82) is 0 Å². The summed E-state index contributed by atoms with van der Waals surface area (Å²) < 4.78 is 3.01. The van der Waals surface area contributed by atoms with Crippen LogP contribution in [0.1, 0.15) is 23.8 Å². The fraction of sp³-hybridized carbons (Fsp3) is 0.250. The van der Waals surface area contributed by atoms with Crippen LogP contribution in [-0.4, -0.2) is 20.4 Å². The Kier molecular flexibility index (Phi) is 4.71. The Bertz CT molecular complexity index is 597. The van der Waals surface area contributed by atoms with E-state index in [-0.39, 0.29) is 5.91 Å². The van der Waals surface area contributed by atoms with Crippen LogP contribution in [0.2, 0.25) is 0 Å². The summed E-state index contributed by atoms with van der Waals surface area (Å²) in [7, 11) is 0. The van der Waals surface area contributed by atoms with Gasteiger partial charge in [-0.3, -0.25) is 4.79 Å². The van der Waals surface area contributed by atoms with Crippen molar-refractivity contribution in [2.75, 3.05) is 5.32 Å². The van der Waals surface area contributed by atoms with Crippen molar-refractivity contribution in [3.05, 3.63) is 39.4 Å². The lowest BCUT2D eigenvalue weighted by molar-refractivity contribution is 0.101. The number of aryl methyl sites for hydroxylation is 1. The van der Waals surface area contributed by atoms with Crippen molar-refractivity contribution in [2.45, 2.75) is 19.9 Å². The second kappa shape index (κ2) is 6.29. The molecule has 0 unspecified atom stereocenters. The number of hydrogen-bond acceptors (Lipinski definition) is 3. The number of rotatable bonds is 4. The van der Waals surface area contributed by atoms with Crippen LogP contribution in [0.25, 0.3) is 0 Å². The van der Waals surface area contributed by atoms with Crippen LogP contribution in [0.3, 0.4) is 0 Å². The Labute approximate surface area is 127 Å². The van der Waals surface area contributed by atoms with E-state index in [0.29, 0.717) is 20.7 Å². The smallest absolute Gasteiger partial charge is 0.273 e. The minimum absolute atomic E-state index is 0.198. The summed E-state index contributed by atoms with van der Waals surface area (Å²) >= 11 is 6.48. The largest absolute Gasteiger partial charge is 0.344 e. The molecular formula is C12H12Br2N4O. The zero-order valence-electron chi connectivity index (χ0n) is 10.2. The number of amides is 1. The molecule has 0 aromatic carbocycles. The zero-order valence-corrected chi connectivity index (χ0v) is 13.4. The third-order valence-electron chi connectivity index (χ3n) is 2.46. The van der Waals surface area contributed by atoms with Crippen LogP contribution in [0.4, 0.5) is 5.82 Å². The molecular weight excluding hydrogens is 376 g/mol. The van der Waals surface area contributed by atoms with Gasteiger partial charge in [0, 0.05) is 12.7 Å². The lowest BCUT2D eigenvalue weighted by Gasteiger charge is -2.09. The van der Waals surface area contributed by atoms with Gasteiger partial charge in [-0.25, -0.2) is 9.97 Å². The van der Waals surface area contributed by atoms with Crippen LogP contribution in [0, 0.1) is 0 Å². The summed E-state index contributed by atoms with van der Waals surface area (Å²) in [5.74, 6) is 0.202. The molecule has 2 aromatic heterocycles. The van der Waals surface area contributed by atoms with Crippen molar-refractivity contribution in [2.24, 2.45) is 0 Å². The van der Waals surface area contributed by atoms with Gasteiger partial charge in [-0.1, -0.05) is 6.92 Å². The highest BCUT2D eigenvalue weighted by Gasteiger charge is 2.13. The van der Waals surface area contributed by atoms with Gasteiger partial charge in [-0.15, -0.1) is 0 Å². The first-order chi connectivity index (χ1) is 9.11. The second-order valence-electron chi connectivity index (χ2n) is 3.87. The van der Waals surface area contributed by atoms with Crippen LogP contribution in [0.5, 0.6) is 0 Å². The average molecular weight is 388 g/mol. The topological polar surface area (TPSA) is 59.8 Å². The van der Waals surface area contributed by atoms with Crippen LogP contribution in [0.15, 0.2) is 33.7 Å². The van der Waals surface area contributed by atoms with E-state index >= 15 is 0 Å². The Morgan fingerprint density at radius 3 is 2.95 bits per heavy atom. The van der Waals surface area contributed by atoms with Gasteiger partial charge in [0.2, 0.25) is 0 Å². The molecule has 0 aliphatic heterocycles. The van der Waals surface area contributed by atoms with E-state index in [0.717, 1.165) is 13.0 Å². The fourth-order valence-corrected chi connectivity index (χ4v) is 2.57. The van der Waals surface area contributed by atoms with E-state index in [1.807, 2.05) is 16.8 Å². The number of aromatic nitrogens is 3. The molecule has 0 spiro atoms. The summed E-state index contributed by atoms with van der Waals surface area (Å²) in [4.78, 5) is 20.4. The highest BCUT2D eigenvalue weighted by molar-refractivity contribution is 9.11. The Hall–Kier alpha value is -1.21. The van der Waals surface area contributed by atoms with Crippen LogP contribution in [-0.2, 0) is 6.54 Å². The molecule has 19 heavy (non-hydrogen) atoms. The van der Waals surface area contributed by atoms with Crippen molar-refractivity contribution < 1.29 is 4.79 Å². The molecule has 100 valence electrons. The Balaban J connectivity index is 2.18.